The maximum atomic E-state index is 13.5. The molecule has 3 aromatic rings. The van der Waals surface area contributed by atoms with Gasteiger partial charge in [-0.1, -0.05) is 11.2 Å². The van der Waals surface area contributed by atoms with E-state index in [1.165, 1.54) is 0 Å². The maximum Gasteiger partial charge on any atom is 0.414 e. The topological polar surface area (TPSA) is 112 Å². The van der Waals surface area contributed by atoms with Crippen LogP contribution in [0.4, 0.5) is 9.59 Å². The fourth-order valence-corrected chi connectivity index (χ4v) is 6.77. The number of imidazole rings is 1. The van der Waals surface area contributed by atoms with Crippen molar-refractivity contribution >= 4 is 23.2 Å². The lowest BCUT2D eigenvalue weighted by Gasteiger charge is -2.40. The molecule has 2 aromatic heterocycles. The SMILES string of the molecule is [2H]COC1CCC(n2c([C@@H]3CCOC(=O)N3C3=CCN(C(=O)OC(C)(C)C)CC3)nc3cc(-c4c(C)noc4C)ccc32)CC1. The number of cyclic esters (lactones) is 1. The number of carbonyl (C=O) groups is 2. The van der Waals surface area contributed by atoms with Gasteiger partial charge in [-0.05, 0) is 84.1 Å². The summed E-state index contributed by atoms with van der Waals surface area (Å²) in [5, 5.41) is 4.15. The number of aromatic nitrogens is 3. The minimum Gasteiger partial charge on any atom is -0.449 e. The number of hydrogen-bond acceptors (Lipinski definition) is 8. The molecule has 6 rings (SSSR count). The summed E-state index contributed by atoms with van der Waals surface area (Å²) < 4.78 is 32.1. The van der Waals surface area contributed by atoms with Crippen molar-refractivity contribution in [2.24, 2.45) is 0 Å². The zero-order valence-corrected chi connectivity index (χ0v) is 26.3. The summed E-state index contributed by atoms with van der Waals surface area (Å²) in [6, 6.07) is 6.13. The largest absolute Gasteiger partial charge is 0.449 e. The van der Waals surface area contributed by atoms with Gasteiger partial charge in [0.15, 0.2) is 0 Å². The van der Waals surface area contributed by atoms with Crippen molar-refractivity contribution in [3.63, 3.8) is 0 Å². The van der Waals surface area contributed by atoms with E-state index in [0.29, 0.717) is 32.5 Å². The fraction of sp³-hybridized carbons (Fsp3) is 0.576. The van der Waals surface area contributed by atoms with Crippen molar-refractivity contribution in [3.05, 3.63) is 47.3 Å². The molecular weight excluding hydrogens is 562 g/mol. The molecule has 11 nitrogen and oxygen atoms in total. The summed E-state index contributed by atoms with van der Waals surface area (Å²) in [6.07, 6.45) is 5.85. The molecule has 11 heteroatoms. The van der Waals surface area contributed by atoms with E-state index >= 15 is 0 Å². The summed E-state index contributed by atoms with van der Waals surface area (Å²) >= 11 is 0. The van der Waals surface area contributed by atoms with Gasteiger partial charge < -0.3 is 28.2 Å². The minimum atomic E-state index is -0.584. The van der Waals surface area contributed by atoms with Gasteiger partial charge in [0.1, 0.15) is 23.2 Å². The second-order valence-corrected chi connectivity index (χ2v) is 13.0. The lowest BCUT2D eigenvalue weighted by atomic mass is 9.92. The summed E-state index contributed by atoms with van der Waals surface area (Å²) in [5.41, 5.74) is 4.88. The molecule has 1 atom stereocenters. The number of fused-ring (bicyclic) bond motifs is 1. The number of nitrogens with zero attached hydrogens (tertiary/aromatic N) is 5. The molecule has 0 unspecified atom stereocenters. The molecule has 1 saturated heterocycles. The van der Waals surface area contributed by atoms with E-state index in [2.05, 4.69) is 27.9 Å². The average molecular weight is 607 g/mol. The number of ether oxygens (including phenoxy) is 3. The Morgan fingerprint density at radius 2 is 1.93 bits per heavy atom. The molecule has 0 bridgehead atoms. The van der Waals surface area contributed by atoms with Crippen LogP contribution in [0.15, 0.2) is 34.5 Å². The van der Waals surface area contributed by atoms with Gasteiger partial charge in [-0.3, -0.25) is 4.90 Å². The highest BCUT2D eigenvalue weighted by atomic mass is 16.6. The molecule has 2 amide bonds. The van der Waals surface area contributed by atoms with Gasteiger partial charge in [-0.15, -0.1) is 0 Å². The number of methoxy groups -OCH3 is 1. The molecule has 1 aliphatic carbocycles. The second kappa shape index (κ2) is 11.9. The summed E-state index contributed by atoms with van der Waals surface area (Å²) in [5.74, 6) is 1.59. The van der Waals surface area contributed by atoms with Gasteiger partial charge in [-0.2, -0.15) is 0 Å². The van der Waals surface area contributed by atoms with Gasteiger partial charge in [0.05, 0.1) is 30.8 Å². The molecular formula is C33H43N5O6. The van der Waals surface area contributed by atoms with Crippen LogP contribution in [-0.4, -0.2) is 75.2 Å². The highest BCUT2D eigenvalue weighted by Gasteiger charge is 2.39. The first kappa shape index (κ1) is 28.9. The van der Waals surface area contributed by atoms with Gasteiger partial charge >= 0.3 is 12.2 Å². The first-order valence-corrected chi connectivity index (χ1v) is 15.5. The van der Waals surface area contributed by atoms with E-state index in [1.807, 2.05) is 40.7 Å². The predicted octanol–water partition coefficient (Wildman–Crippen LogP) is 6.85. The van der Waals surface area contributed by atoms with E-state index in [9.17, 15) is 9.59 Å². The predicted molar refractivity (Wildman–Crippen MR) is 164 cm³/mol. The Balaban J connectivity index is 1.37. The van der Waals surface area contributed by atoms with Gasteiger partial charge in [0, 0.05) is 50.3 Å². The van der Waals surface area contributed by atoms with Crippen LogP contribution in [0.3, 0.4) is 0 Å². The molecule has 44 heavy (non-hydrogen) atoms. The van der Waals surface area contributed by atoms with Crippen molar-refractivity contribution in [3.8, 4) is 11.1 Å². The molecule has 4 heterocycles. The standard InChI is InChI=1S/C33H43N5O6/c1-20-29(21(2)44-35-20)22-7-12-27-26(19-22)34-30(37(27)23-8-10-25(41-6)11-9-23)28-15-18-42-32(40)38(28)24-13-16-36(17-14-24)31(39)43-33(3,4)5/h7,12-13,19,23,25,28H,8-11,14-18H2,1-6H3/t23?,25?,28-/m0/s1/i6D. The molecule has 3 aliphatic rings. The number of benzene rings is 1. The van der Waals surface area contributed by atoms with Crippen LogP contribution >= 0.6 is 0 Å². The second-order valence-electron chi connectivity index (χ2n) is 13.0. The van der Waals surface area contributed by atoms with Crippen LogP contribution in [0.5, 0.6) is 0 Å². The first-order valence-electron chi connectivity index (χ1n) is 16.2. The normalized spacial score (nSPS) is 23.4. The van der Waals surface area contributed by atoms with E-state index < -0.39 is 11.7 Å². The Kier molecular flexibility index (Phi) is 7.82. The monoisotopic (exact) mass is 606 g/mol. The number of carbonyl (C=O) groups excluding carboxylic acids is 2. The van der Waals surface area contributed by atoms with Crippen LogP contribution in [-0.2, 0) is 14.2 Å². The number of rotatable bonds is 5. The molecule has 2 fully saturated rings. The third-order valence-electron chi connectivity index (χ3n) is 8.85. The molecule has 1 saturated carbocycles. The zero-order chi connectivity index (χ0) is 31.9. The molecule has 0 spiro atoms. The quantitative estimate of drug-likeness (QED) is 0.310. The van der Waals surface area contributed by atoms with Crippen molar-refractivity contribution < 1.29 is 29.7 Å². The molecule has 0 N–H and O–H groups in total. The smallest absolute Gasteiger partial charge is 0.414 e. The van der Waals surface area contributed by atoms with Crippen molar-refractivity contribution in [1.82, 2.24) is 24.5 Å². The van der Waals surface area contributed by atoms with Crippen molar-refractivity contribution in [2.45, 2.75) is 96.9 Å². The van der Waals surface area contributed by atoms with E-state index in [-0.39, 0.29) is 31.4 Å². The molecule has 236 valence electrons. The Labute approximate surface area is 259 Å². The van der Waals surface area contributed by atoms with E-state index in [0.717, 1.165) is 70.8 Å². The number of aryl methyl sites for hydroxylation is 2. The van der Waals surface area contributed by atoms with Gasteiger partial charge in [0.25, 0.3) is 0 Å². The Bertz CT molecular complexity index is 1580. The lowest BCUT2D eigenvalue weighted by molar-refractivity contribution is 0.0243. The number of amides is 2. The highest BCUT2D eigenvalue weighted by molar-refractivity contribution is 5.84. The van der Waals surface area contributed by atoms with Crippen LogP contribution in [0.2, 0.25) is 0 Å². The minimum absolute atomic E-state index is 0.0291. The van der Waals surface area contributed by atoms with Crippen LogP contribution in [0.1, 0.15) is 90.0 Å². The Morgan fingerprint density at radius 1 is 1.14 bits per heavy atom. The third kappa shape index (κ3) is 5.81. The van der Waals surface area contributed by atoms with Crippen molar-refractivity contribution in [1.29, 1.82) is 0 Å². The third-order valence-corrected chi connectivity index (χ3v) is 8.85. The Hall–Kier alpha value is -3.86. The van der Waals surface area contributed by atoms with Crippen molar-refractivity contribution in [2.75, 3.05) is 26.8 Å². The van der Waals surface area contributed by atoms with Crippen LogP contribution in [0, 0.1) is 13.8 Å². The fourth-order valence-electron chi connectivity index (χ4n) is 6.77. The number of hydrogen-bond donors (Lipinski definition) is 0. The Morgan fingerprint density at radius 3 is 2.59 bits per heavy atom. The molecule has 0 radical (unpaired) electrons. The maximum absolute atomic E-state index is 13.5. The van der Waals surface area contributed by atoms with Gasteiger partial charge in [-0.25, -0.2) is 14.6 Å². The summed E-state index contributed by atoms with van der Waals surface area (Å²) in [7, 11) is -0.0291. The molecule has 2 aliphatic heterocycles. The average Bonchev–Trinajstić information content (AvgIpc) is 3.55. The van der Waals surface area contributed by atoms with Crippen LogP contribution in [0.25, 0.3) is 22.2 Å². The summed E-state index contributed by atoms with van der Waals surface area (Å²) in [4.78, 5) is 34.8. The van der Waals surface area contributed by atoms with Gasteiger partial charge in [0.2, 0.25) is 0 Å². The van der Waals surface area contributed by atoms with E-state index in [4.69, 9.17) is 25.1 Å². The van der Waals surface area contributed by atoms with E-state index in [1.54, 1.807) is 9.80 Å². The zero-order valence-electron chi connectivity index (χ0n) is 27.3. The highest BCUT2D eigenvalue weighted by Crippen LogP contribution is 2.41. The summed E-state index contributed by atoms with van der Waals surface area (Å²) in [6.45, 7) is 10.5. The van der Waals surface area contributed by atoms with Crippen LogP contribution < -0.4 is 0 Å². The molecule has 1 aromatic carbocycles. The first-order chi connectivity index (χ1) is 21.5. The lowest BCUT2D eigenvalue weighted by Crippen LogP contribution is -2.45.